The van der Waals surface area contributed by atoms with E-state index in [-0.39, 0.29) is 0 Å². The molecule has 0 bridgehead atoms. The Bertz CT molecular complexity index is 575. The maximum atomic E-state index is 5.92. The maximum absolute atomic E-state index is 5.92. The molecule has 3 rings (SSSR count). The summed E-state index contributed by atoms with van der Waals surface area (Å²) in [6.07, 6.45) is 0. The number of aryl methyl sites for hydroxylation is 1. The van der Waals surface area contributed by atoms with Gasteiger partial charge >= 0.3 is 0 Å². The van der Waals surface area contributed by atoms with E-state index in [1.807, 2.05) is 6.92 Å². The summed E-state index contributed by atoms with van der Waals surface area (Å²) in [5, 5.41) is 13.5. The lowest BCUT2D eigenvalue weighted by molar-refractivity contribution is 0.589. The molecule has 0 unspecified atom stereocenters. The third-order valence-electron chi connectivity index (χ3n) is 3.46. The molecule has 1 saturated heterocycles. The van der Waals surface area contributed by atoms with E-state index in [1.165, 1.54) is 5.69 Å². The van der Waals surface area contributed by atoms with Gasteiger partial charge in [0.05, 0.1) is 5.69 Å². The first-order valence-corrected chi connectivity index (χ1v) is 6.24. The molecule has 2 heterocycles. The number of fused-ring (bicyclic) bond motifs is 1. The van der Waals surface area contributed by atoms with Crippen molar-refractivity contribution in [3.05, 3.63) is 23.9 Å². The highest BCUT2D eigenvalue weighted by molar-refractivity contribution is 5.94. The van der Waals surface area contributed by atoms with Gasteiger partial charge in [0.2, 0.25) is 0 Å². The Kier molecular flexibility index (Phi) is 2.76. The van der Waals surface area contributed by atoms with Crippen molar-refractivity contribution in [1.82, 2.24) is 15.5 Å². The summed E-state index contributed by atoms with van der Waals surface area (Å²) in [6.45, 7) is 6.08. The van der Waals surface area contributed by atoms with E-state index in [9.17, 15) is 0 Å². The number of nitrogens with zero attached hydrogens (tertiary/aromatic N) is 3. The third-order valence-corrected chi connectivity index (χ3v) is 3.46. The topological polar surface area (TPSA) is 67.1 Å². The van der Waals surface area contributed by atoms with E-state index < -0.39 is 0 Å². The van der Waals surface area contributed by atoms with Gasteiger partial charge in [-0.1, -0.05) is 6.07 Å². The Balaban J connectivity index is 2.07. The smallest absolute Gasteiger partial charge is 0.154 e. The van der Waals surface area contributed by atoms with E-state index in [4.69, 9.17) is 5.73 Å². The van der Waals surface area contributed by atoms with Crippen LogP contribution >= 0.6 is 0 Å². The minimum absolute atomic E-state index is 0.507. The first-order valence-electron chi connectivity index (χ1n) is 6.24. The number of anilines is 2. The molecule has 1 aliphatic heterocycles. The zero-order chi connectivity index (χ0) is 12.5. The number of aromatic nitrogens is 2. The van der Waals surface area contributed by atoms with Crippen LogP contribution in [0.5, 0.6) is 0 Å². The average molecular weight is 243 g/mol. The molecule has 3 N–H and O–H groups in total. The molecule has 1 aromatic carbocycles. The Morgan fingerprint density at radius 2 is 1.94 bits per heavy atom. The normalized spacial score (nSPS) is 16.2. The van der Waals surface area contributed by atoms with Crippen molar-refractivity contribution in [3.63, 3.8) is 0 Å². The van der Waals surface area contributed by atoms with Crippen molar-refractivity contribution in [2.75, 3.05) is 36.8 Å². The first-order chi connectivity index (χ1) is 8.75. The molecular formula is C13H17N5. The van der Waals surface area contributed by atoms with Crippen molar-refractivity contribution in [2.45, 2.75) is 6.92 Å². The van der Waals surface area contributed by atoms with E-state index in [0.29, 0.717) is 5.82 Å². The van der Waals surface area contributed by atoms with Crippen LogP contribution in [0.1, 0.15) is 5.69 Å². The summed E-state index contributed by atoms with van der Waals surface area (Å²) >= 11 is 0. The monoisotopic (exact) mass is 243 g/mol. The molecule has 0 amide bonds. The number of benzene rings is 1. The summed E-state index contributed by atoms with van der Waals surface area (Å²) in [6, 6.07) is 6.35. The van der Waals surface area contributed by atoms with Crippen LogP contribution in [-0.2, 0) is 0 Å². The van der Waals surface area contributed by atoms with Gasteiger partial charge in [0, 0.05) is 42.6 Å². The number of hydrogen-bond donors (Lipinski definition) is 2. The molecule has 18 heavy (non-hydrogen) atoms. The fraction of sp³-hybridized carbons (Fsp3) is 0.385. The molecule has 0 aliphatic carbocycles. The molecule has 5 heteroatoms. The molecule has 1 aromatic heterocycles. The lowest BCUT2D eigenvalue weighted by Crippen LogP contribution is -2.43. The molecule has 0 radical (unpaired) electrons. The number of piperazine rings is 1. The molecule has 94 valence electrons. The average Bonchev–Trinajstić information content (AvgIpc) is 2.44. The minimum atomic E-state index is 0.507. The first kappa shape index (κ1) is 11.2. The van der Waals surface area contributed by atoms with Crippen LogP contribution in [0, 0.1) is 6.92 Å². The highest BCUT2D eigenvalue weighted by Gasteiger charge is 2.12. The van der Waals surface area contributed by atoms with E-state index in [2.05, 4.69) is 38.6 Å². The van der Waals surface area contributed by atoms with Crippen molar-refractivity contribution >= 4 is 22.3 Å². The van der Waals surface area contributed by atoms with E-state index in [1.54, 1.807) is 0 Å². The zero-order valence-electron chi connectivity index (χ0n) is 10.5. The van der Waals surface area contributed by atoms with Crippen molar-refractivity contribution in [3.8, 4) is 0 Å². The largest absolute Gasteiger partial charge is 0.382 e. The van der Waals surface area contributed by atoms with Gasteiger partial charge in [0.1, 0.15) is 0 Å². The number of rotatable bonds is 1. The maximum Gasteiger partial charge on any atom is 0.154 e. The van der Waals surface area contributed by atoms with Crippen LogP contribution in [0.4, 0.5) is 11.5 Å². The van der Waals surface area contributed by atoms with Crippen LogP contribution in [0.2, 0.25) is 0 Å². The van der Waals surface area contributed by atoms with Gasteiger partial charge in [0.15, 0.2) is 5.82 Å². The predicted molar refractivity (Wildman–Crippen MR) is 73.8 cm³/mol. The van der Waals surface area contributed by atoms with Crippen molar-refractivity contribution in [1.29, 1.82) is 0 Å². The van der Waals surface area contributed by atoms with Crippen LogP contribution in [0.15, 0.2) is 18.2 Å². The Morgan fingerprint density at radius 1 is 1.17 bits per heavy atom. The van der Waals surface area contributed by atoms with Gasteiger partial charge in [-0.05, 0) is 19.1 Å². The van der Waals surface area contributed by atoms with E-state index >= 15 is 0 Å². The molecule has 0 spiro atoms. The Labute approximate surface area is 106 Å². The minimum Gasteiger partial charge on any atom is -0.382 e. The quantitative estimate of drug-likeness (QED) is 0.780. The van der Waals surface area contributed by atoms with Gasteiger partial charge in [-0.15, -0.1) is 5.10 Å². The molecule has 0 atom stereocenters. The van der Waals surface area contributed by atoms with Crippen LogP contribution in [0.3, 0.4) is 0 Å². The summed E-state index contributed by atoms with van der Waals surface area (Å²) < 4.78 is 0. The summed E-state index contributed by atoms with van der Waals surface area (Å²) in [5.74, 6) is 0.507. The second-order valence-corrected chi connectivity index (χ2v) is 4.64. The highest BCUT2D eigenvalue weighted by Crippen LogP contribution is 2.26. The van der Waals surface area contributed by atoms with Gasteiger partial charge in [-0.25, -0.2) is 0 Å². The second kappa shape index (κ2) is 4.42. The van der Waals surface area contributed by atoms with Crippen molar-refractivity contribution in [2.24, 2.45) is 0 Å². The fourth-order valence-corrected chi connectivity index (χ4v) is 2.42. The SMILES string of the molecule is Cc1nnc(N)c2cc(N3CCNCC3)ccc12. The molecule has 5 nitrogen and oxygen atoms in total. The lowest BCUT2D eigenvalue weighted by Gasteiger charge is -2.29. The van der Waals surface area contributed by atoms with Crippen LogP contribution in [0.25, 0.3) is 10.8 Å². The van der Waals surface area contributed by atoms with Gasteiger partial charge in [-0.3, -0.25) is 0 Å². The molecule has 2 aromatic rings. The Hall–Kier alpha value is -1.88. The molecular weight excluding hydrogens is 226 g/mol. The van der Waals surface area contributed by atoms with Crippen LogP contribution < -0.4 is 16.0 Å². The summed E-state index contributed by atoms with van der Waals surface area (Å²) in [4.78, 5) is 2.37. The Morgan fingerprint density at radius 3 is 2.72 bits per heavy atom. The standard InChI is InChI=1S/C13H17N5/c1-9-11-3-2-10(18-6-4-15-5-7-18)8-12(11)13(14)17-16-9/h2-3,8,15H,4-7H2,1H3,(H2,14,17). The molecule has 1 fully saturated rings. The number of nitrogen functional groups attached to an aromatic ring is 1. The summed E-state index contributed by atoms with van der Waals surface area (Å²) in [5.41, 5.74) is 8.05. The third kappa shape index (κ3) is 1.86. The van der Waals surface area contributed by atoms with Gasteiger partial charge in [-0.2, -0.15) is 5.10 Å². The summed E-state index contributed by atoms with van der Waals surface area (Å²) in [7, 11) is 0. The highest BCUT2D eigenvalue weighted by atomic mass is 15.2. The zero-order valence-corrected chi connectivity index (χ0v) is 10.5. The second-order valence-electron chi connectivity index (χ2n) is 4.64. The van der Waals surface area contributed by atoms with Gasteiger partial charge in [0.25, 0.3) is 0 Å². The number of hydrogen-bond acceptors (Lipinski definition) is 5. The number of nitrogens with two attached hydrogens (primary N) is 1. The number of nitrogens with one attached hydrogen (secondary N) is 1. The lowest BCUT2D eigenvalue weighted by atomic mass is 10.1. The fourth-order valence-electron chi connectivity index (χ4n) is 2.42. The predicted octanol–water partition coefficient (Wildman–Crippen LogP) is 0.930. The van der Waals surface area contributed by atoms with Gasteiger partial charge < -0.3 is 16.0 Å². The van der Waals surface area contributed by atoms with Crippen LogP contribution in [-0.4, -0.2) is 36.4 Å². The van der Waals surface area contributed by atoms with E-state index in [0.717, 1.165) is 42.6 Å². The molecule has 0 saturated carbocycles. The molecule has 1 aliphatic rings. The van der Waals surface area contributed by atoms with Crippen molar-refractivity contribution < 1.29 is 0 Å².